The zero-order chi connectivity index (χ0) is 28.4. The standard InChI is InChI=1S/C34H54O2Se/c1-31(2,3)25-19-23(20-26(29(25)35)32(4,5)6)15-13-17-37-18-14-16-24-21-27(33(7,8)9)30(36)28(22-24)34(10,11)12/h19-22,35-36H,13-18H2,1-12H3. The van der Waals surface area contributed by atoms with E-state index < -0.39 is 0 Å². The first-order valence-corrected chi connectivity index (χ1v) is 16.5. The molecule has 0 aliphatic carbocycles. The fourth-order valence-electron chi connectivity index (χ4n) is 4.82. The normalized spacial score (nSPS) is 13.3. The van der Waals surface area contributed by atoms with Gasteiger partial charge in [-0.1, -0.05) is 0 Å². The molecule has 0 radical (unpaired) electrons. The fourth-order valence-corrected chi connectivity index (χ4v) is 6.71. The van der Waals surface area contributed by atoms with Crippen LogP contribution < -0.4 is 0 Å². The molecule has 3 heteroatoms. The minimum atomic E-state index is -0.0715. The van der Waals surface area contributed by atoms with E-state index in [9.17, 15) is 10.2 Å². The molecule has 0 saturated heterocycles. The van der Waals surface area contributed by atoms with Crippen molar-refractivity contribution in [1.82, 2.24) is 0 Å². The van der Waals surface area contributed by atoms with Crippen LogP contribution in [0, 0.1) is 0 Å². The molecular weight excluding hydrogens is 519 g/mol. The SMILES string of the molecule is CC(C)(C)c1cc(CCC[Se]CCCc2cc(C(C)(C)C)c(O)c(C(C)(C)C)c2)cc(C(C)(C)C)c1O. The summed E-state index contributed by atoms with van der Waals surface area (Å²) in [5.41, 5.74) is 6.70. The van der Waals surface area contributed by atoms with Gasteiger partial charge in [-0.3, -0.25) is 0 Å². The molecule has 0 saturated carbocycles. The molecule has 0 spiro atoms. The number of phenolic OH excluding ortho intramolecular Hbond substituents is 2. The van der Waals surface area contributed by atoms with Crippen molar-refractivity contribution in [1.29, 1.82) is 0 Å². The second-order valence-corrected chi connectivity index (χ2v) is 17.5. The molecule has 37 heavy (non-hydrogen) atoms. The molecule has 2 rings (SSSR count). The number of benzene rings is 2. The van der Waals surface area contributed by atoms with Crippen molar-refractivity contribution in [2.45, 2.75) is 141 Å². The summed E-state index contributed by atoms with van der Waals surface area (Å²) in [6.07, 6.45) is 4.57. The van der Waals surface area contributed by atoms with E-state index in [2.05, 4.69) is 107 Å². The van der Waals surface area contributed by atoms with E-state index >= 15 is 0 Å². The van der Waals surface area contributed by atoms with Crippen molar-refractivity contribution in [3.8, 4) is 11.5 Å². The first-order valence-electron chi connectivity index (χ1n) is 14.0. The van der Waals surface area contributed by atoms with Crippen LogP contribution in [0.2, 0.25) is 10.6 Å². The summed E-state index contributed by atoms with van der Waals surface area (Å²) in [5.74, 6) is 0.956. The molecule has 2 N–H and O–H groups in total. The molecule has 0 atom stereocenters. The molecule has 0 amide bonds. The Morgan fingerprint density at radius 3 is 0.946 bits per heavy atom. The van der Waals surface area contributed by atoms with Crippen LogP contribution in [0.4, 0.5) is 0 Å². The third-order valence-electron chi connectivity index (χ3n) is 7.08. The Balaban J connectivity index is 1.98. The maximum atomic E-state index is 11.0. The van der Waals surface area contributed by atoms with Crippen molar-refractivity contribution >= 4 is 15.0 Å². The molecule has 0 aromatic heterocycles. The zero-order valence-corrected chi connectivity index (χ0v) is 27.6. The Bertz CT molecular complexity index is 898. The Labute approximate surface area is 234 Å². The monoisotopic (exact) mass is 574 g/mol. The summed E-state index contributed by atoms with van der Waals surface area (Å²) in [5, 5.41) is 24.5. The van der Waals surface area contributed by atoms with Crippen LogP contribution in [0.25, 0.3) is 0 Å². The average molecular weight is 574 g/mol. The summed E-state index contributed by atoms with van der Waals surface area (Å²) in [6.45, 7) is 26.2. The second kappa shape index (κ2) is 11.7. The van der Waals surface area contributed by atoms with Crippen molar-refractivity contribution in [2.75, 3.05) is 0 Å². The fraction of sp³-hybridized carbons (Fsp3) is 0.647. The molecule has 0 fully saturated rings. The predicted octanol–water partition coefficient (Wildman–Crippen LogP) is 9.39. The Hall–Kier alpha value is -1.44. The molecular formula is C34H54O2Se. The molecule has 0 aliphatic rings. The molecule has 0 unspecified atom stereocenters. The van der Waals surface area contributed by atoms with Crippen molar-refractivity contribution < 1.29 is 10.2 Å². The van der Waals surface area contributed by atoms with Crippen LogP contribution in [0.15, 0.2) is 24.3 Å². The Morgan fingerprint density at radius 1 is 0.486 bits per heavy atom. The summed E-state index contributed by atoms with van der Waals surface area (Å²) < 4.78 is 0. The number of aromatic hydroxyl groups is 2. The number of hydrogen-bond donors (Lipinski definition) is 2. The first kappa shape index (κ1) is 31.8. The summed E-state index contributed by atoms with van der Waals surface area (Å²) in [4.78, 5) is 0. The van der Waals surface area contributed by atoms with E-state index in [0.29, 0.717) is 26.5 Å². The van der Waals surface area contributed by atoms with E-state index in [-0.39, 0.29) is 21.7 Å². The van der Waals surface area contributed by atoms with Crippen LogP contribution in [0.5, 0.6) is 11.5 Å². The van der Waals surface area contributed by atoms with Crippen LogP contribution in [-0.4, -0.2) is 25.2 Å². The number of phenols is 2. The first-order chi connectivity index (χ1) is 16.7. The predicted molar refractivity (Wildman–Crippen MR) is 163 cm³/mol. The Kier molecular flexibility index (Phi) is 10.1. The third-order valence-corrected chi connectivity index (χ3v) is 9.50. The van der Waals surface area contributed by atoms with Gasteiger partial charge in [-0.25, -0.2) is 0 Å². The van der Waals surface area contributed by atoms with E-state index in [1.807, 2.05) is 0 Å². The molecule has 208 valence electrons. The summed E-state index contributed by atoms with van der Waals surface area (Å²) in [7, 11) is 0. The van der Waals surface area contributed by atoms with Gasteiger partial charge in [0.05, 0.1) is 0 Å². The van der Waals surface area contributed by atoms with E-state index in [1.165, 1.54) is 34.6 Å². The quantitative estimate of drug-likeness (QED) is 0.244. The number of rotatable bonds is 8. The zero-order valence-electron chi connectivity index (χ0n) is 25.9. The van der Waals surface area contributed by atoms with Gasteiger partial charge in [-0.05, 0) is 0 Å². The second-order valence-electron chi connectivity index (χ2n) is 14.9. The molecule has 0 aliphatic heterocycles. The van der Waals surface area contributed by atoms with Gasteiger partial charge in [0.15, 0.2) is 0 Å². The van der Waals surface area contributed by atoms with Crippen LogP contribution in [-0.2, 0) is 34.5 Å². The summed E-state index contributed by atoms with van der Waals surface area (Å²) in [6, 6.07) is 8.95. The van der Waals surface area contributed by atoms with E-state index in [1.54, 1.807) is 0 Å². The van der Waals surface area contributed by atoms with Gasteiger partial charge in [0.1, 0.15) is 0 Å². The third kappa shape index (κ3) is 8.79. The van der Waals surface area contributed by atoms with Gasteiger partial charge in [-0.2, -0.15) is 0 Å². The molecule has 0 bridgehead atoms. The van der Waals surface area contributed by atoms with Gasteiger partial charge < -0.3 is 0 Å². The van der Waals surface area contributed by atoms with E-state index in [4.69, 9.17) is 0 Å². The number of hydrogen-bond acceptors (Lipinski definition) is 2. The van der Waals surface area contributed by atoms with Crippen LogP contribution in [0.1, 0.15) is 129 Å². The molecule has 0 heterocycles. The van der Waals surface area contributed by atoms with Crippen molar-refractivity contribution in [3.05, 3.63) is 57.6 Å². The molecule has 2 aromatic rings. The van der Waals surface area contributed by atoms with E-state index in [0.717, 1.165) is 35.1 Å². The van der Waals surface area contributed by atoms with Gasteiger partial charge in [0.25, 0.3) is 0 Å². The van der Waals surface area contributed by atoms with Gasteiger partial charge in [0, 0.05) is 0 Å². The van der Waals surface area contributed by atoms with Gasteiger partial charge in [0.2, 0.25) is 0 Å². The number of aryl methyl sites for hydroxylation is 2. The van der Waals surface area contributed by atoms with Gasteiger partial charge >= 0.3 is 235 Å². The Morgan fingerprint density at radius 2 is 0.730 bits per heavy atom. The average Bonchev–Trinajstić information content (AvgIpc) is 2.71. The minimum absolute atomic E-state index is 0.0715. The maximum absolute atomic E-state index is 11.0. The van der Waals surface area contributed by atoms with Crippen LogP contribution >= 0.6 is 0 Å². The molecule has 2 nitrogen and oxygen atoms in total. The van der Waals surface area contributed by atoms with Crippen molar-refractivity contribution in [3.63, 3.8) is 0 Å². The van der Waals surface area contributed by atoms with Gasteiger partial charge in [-0.15, -0.1) is 0 Å². The summed E-state index contributed by atoms with van der Waals surface area (Å²) >= 11 is 0.646. The molecule has 2 aromatic carbocycles. The topological polar surface area (TPSA) is 40.5 Å². The van der Waals surface area contributed by atoms with Crippen molar-refractivity contribution in [2.24, 2.45) is 0 Å². The van der Waals surface area contributed by atoms with Crippen LogP contribution in [0.3, 0.4) is 0 Å².